The number of hydrogen-bond acceptors (Lipinski definition) is 6. The van der Waals surface area contributed by atoms with Gasteiger partial charge in [0.05, 0.1) is 24.6 Å². The Bertz CT molecular complexity index is 1160. The fraction of sp³-hybridized carbons (Fsp3) is 0.211. The summed E-state index contributed by atoms with van der Waals surface area (Å²) in [5.41, 5.74) is 0.589. The highest BCUT2D eigenvalue weighted by Crippen LogP contribution is 2.35. The highest BCUT2D eigenvalue weighted by atomic mass is 32.2. The smallest absolute Gasteiger partial charge is 0.268 e. The van der Waals surface area contributed by atoms with Crippen molar-refractivity contribution in [1.29, 1.82) is 0 Å². The van der Waals surface area contributed by atoms with Gasteiger partial charge in [-0.1, -0.05) is 18.2 Å². The van der Waals surface area contributed by atoms with E-state index in [0.29, 0.717) is 5.69 Å². The molecule has 0 aromatic heterocycles. The zero-order valence-electron chi connectivity index (χ0n) is 15.8. The van der Waals surface area contributed by atoms with E-state index in [0.717, 1.165) is 9.71 Å². The molecule has 154 valence electrons. The lowest BCUT2D eigenvalue weighted by Gasteiger charge is -2.29. The highest BCUT2D eigenvalue weighted by molar-refractivity contribution is 7.95. The molecule has 0 saturated heterocycles. The zero-order valence-corrected chi connectivity index (χ0v) is 17.4. The van der Waals surface area contributed by atoms with Crippen LogP contribution in [-0.4, -0.2) is 41.6 Å². The molecule has 1 aliphatic heterocycles. The number of hydrogen-bond donors (Lipinski definition) is 1. The van der Waals surface area contributed by atoms with Crippen molar-refractivity contribution in [2.24, 2.45) is 0 Å². The fourth-order valence-corrected chi connectivity index (χ4v) is 6.21. The molecule has 1 aliphatic rings. The summed E-state index contributed by atoms with van der Waals surface area (Å²) >= 11 is 0. The average molecular weight is 437 g/mol. The predicted molar refractivity (Wildman–Crippen MR) is 110 cm³/mol. The average Bonchev–Trinajstić information content (AvgIpc) is 3.01. The minimum Gasteiger partial charge on any atom is -0.495 e. The van der Waals surface area contributed by atoms with E-state index in [4.69, 9.17) is 4.74 Å². The lowest BCUT2D eigenvalue weighted by molar-refractivity contribution is -0.114. The Morgan fingerprint density at radius 3 is 2.41 bits per heavy atom. The van der Waals surface area contributed by atoms with Crippen molar-refractivity contribution >= 4 is 37.1 Å². The van der Waals surface area contributed by atoms with Gasteiger partial charge in [0.15, 0.2) is 9.84 Å². The van der Waals surface area contributed by atoms with Crippen molar-refractivity contribution in [3.63, 3.8) is 0 Å². The first-order valence-corrected chi connectivity index (χ1v) is 11.8. The van der Waals surface area contributed by atoms with Gasteiger partial charge in [0.1, 0.15) is 10.6 Å². The molecule has 1 heterocycles. The number of nitrogens with zero attached hydrogens (tertiary/aromatic N) is 1. The Labute approximate surface area is 169 Å². The Hall–Kier alpha value is -2.85. The molecule has 1 atom stereocenters. The summed E-state index contributed by atoms with van der Waals surface area (Å²) in [6.07, 6.45) is 1.35. The van der Waals surface area contributed by atoms with Gasteiger partial charge in [-0.3, -0.25) is 9.10 Å². The van der Waals surface area contributed by atoms with Gasteiger partial charge in [0, 0.05) is 18.0 Å². The third-order valence-corrected chi connectivity index (χ3v) is 7.50. The Morgan fingerprint density at radius 2 is 1.86 bits per heavy atom. The maximum Gasteiger partial charge on any atom is 0.268 e. The molecule has 29 heavy (non-hydrogen) atoms. The number of sulfone groups is 1. The van der Waals surface area contributed by atoms with Crippen molar-refractivity contribution in [1.82, 2.24) is 0 Å². The number of ether oxygens (including phenoxy) is 1. The van der Waals surface area contributed by atoms with E-state index in [2.05, 4.69) is 5.32 Å². The number of rotatable bonds is 6. The number of anilines is 2. The molecule has 3 rings (SSSR count). The monoisotopic (exact) mass is 436 g/mol. The van der Waals surface area contributed by atoms with E-state index in [1.807, 2.05) is 0 Å². The maximum atomic E-state index is 13.7. The molecule has 2 aromatic carbocycles. The molecule has 2 aromatic rings. The largest absolute Gasteiger partial charge is 0.495 e. The number of carbonyl (C=O) groups excluding carboxylic acids is 1. The Balaban J connectivity index is 2.17. The Kier molecular flexibility index (Phi) is 5.67. The first-order valence-electron chi connectivity index (χ1n) is 8.60. The zero-order chi connectivity index (χ0) is 21.2. The first kappa shape index (κ1) is 20.9. The summed E-state index contributed by atoms with van der Waals surface area (Å²) in [5.74, 6) is -0.650. The summed E-state index contributed by atoms with van der Waals surface area (Å²) in [5, 5.41) is 3.56. The summed E-state index contributed by atoms with van der Waals surface area (Å²) in [7, 11) is -6.42. The molecular formula is C19H20N2O6S2. The van der Waals surface area contributed by atoms with Crippen LogP contribution >= 0.6 is 0 Å². The fourth-order valence-electron chi connectivity index (χ4n) is 3.05. The summed E-state index contributed by atoms with van der Waals surface area (Å²) < 4.78 is 57.5. The summed E-state index contributed by atoms with van der Waals surface area (Å²) in [6, 6.07) is 11.6. The van der Waals surface area contributed by atoms with E-state index in [-0.39, 0.29) is 28.0 Å². The van der Waals surface area contributed by atoms with Gasteiger partial charge in [0.25, 0.3) is 10.0 Å². The lowest BCUT2D eigenvalue weighted by Crippen LogP contribution is -2.41. The quantitative estimate of drug-likeness (QED) is 0.743. The number of benzene rings is 2. The van der Waals surface area contributed by atoms with E-state index in [9.17, 15) is 21.6 Å². The third kappa shape index (κ3) is 4.43. The highest BCUT2D eigenvalue weighted by Gasteiger charge is 2.37. The van der Waals surface area contributed by atoms with Crippen LogP contribution < -0.4 is 14.4 Å². The van der Waals surface area contributed by atoms with E-state index in [1.54, 1.807) is 30.3 Å². The molecule has 0 unspecified atom stereocenters. The van der Waals surface area contributed by atoms with Crippen molar-refractivity contribution in [2.45, 2.75) is 17.9 Å². The summed E-state index contributed by atoms with van der Waals surface area (Å²) in [6.45, 7) is 1.31. The van der Waals surface area contributed by atoms with Gasteiger partial charge < -0.3 is 10.1 Å². The number of para-hydroxylation sites is 1. The van der Waals surface area contributed by atoms with Gasteiger partial charge in [-0.25, -0.2) is 16.8 Å². The molecule has 0 saturated carbocycles. The van der Waals surface area contributed by atoms with Gasteiger partial charge >= 0.3 is 0 Å². The topological polar surface area (TPSA) is 110 Å². The molecule has 0 spiro atoms. The normalized spacial score (nSPS) is 17.7. The Morgan fingerprint density at radius 1 is 1.17 bits per heavy atom. The number of methoxy groups -OCH3 is 1. The SMILES string of the molecule is COc1ccc(NC(C)=O)cc1S(=O)(=O)N(c1ccccc1)[C@H]1C=CS(=O)(=O)C1. The molecule has 0 fully saturated rings. The van der Waals surface area contributed by atoms with Gasteiger partial charge in [-0.15, -0.1) is 0 Å². The third-order valence-electron chi connectivity index (χ3n) is 4.24. The minimum absolute atomic E-state index is 0.0740. The molecular weight excluding hydrogens is 416 g/mol. The van der Waals surface area contributed by atoms with Gasteiger partial charge in [-0.2, -0.15) is 0 Å². The first-order chi connectivity index (χ1) is 13.6. The molecule has 1 N–H and O–H groups in total. The van der Waals surface area contributed by atoms with Crippen molar-refractivity contribution < 1.29 is 26.4 Å². The van der Waals surface area contributed by atoms with Crippen molar-refractivity contribution in [3.05, 3.63) is 60.0 Å². The van der Waals surface area contributed by atoms with Crippen LogP contribution in [0.25, 0.3) is 0 Å². The molecule has 0 aliphatic carbocycles. The number of amides is 1. The lowest BCUT2D eigenvalue weighted by atomic mass is 10.2. The molecule has 0 radical (unpaired) electrons. The van der Waals surface area contributed by atoms with Crippen LogP contribution in [0.15, 0.2) is 64.9 Å². The molecule has 10 heteroatoms. The van der Waals surface area contributed by atoms with Gasteiger partial charge in [0.2, 0.25) is 5.91 Å². The second kappa shape index (κ2) is 7.88. The van der Waals surface area contributed by atoms with Crippen LogP contribution in [0.1, 0.15) is 6.92 Å². The van der Waals surface area contributed by atoms with Crippen LogP contribution in [0.4, 0.5) is 11.4 Å². The van der Waals surface area contributed by atoms with Crippen LogP contribution in [0, 0.1) is 0 Å². The van der Waals surface area contributed by atoms with Crippen LogP contribution in [0.2, 0.25) is 0 Å². The number of nitrogens with one attached hydrogen (secondary N) is 1. The number of carbonyl (C=O) groups is 1. The van der Waals surface area contributed by atoms with Crippen molar-refractivity contribution in [3.8, 4) is 5.75 Å². The number of sulfonamides is 1. The van der Waals surface area contributed by atoms with E-state index < -0.39 is 25.9 Å². The molecule has 1 amide bonds. The second-order valence-electron chi connectivity index (χ2n) is 6.41. The second-order valence-corrected chi connectivity index (χ2v) is 10.1. The standard InChI is InChI=1S/C19H20N2O6S2/c1-14(22)20-15-8-9-18(27-2)19(12-15)29(25,26)21(16-6-4-3-5-7-16)17-10-11-28(23,24)13-17/h3-12,17H,13H2,1-2H3,(H,20,22)/t17-/m0/s1. The van der Waals surface area contributed by atoms with Gasteiger partial charge in [-0.05, 0) is 36.4 Å². The van der Waals surface area contributed by atoms with E-state index >= 15 is 0 Å². The van der Waals surface area contributed by atoms with Crippen LogP contribution in [0.3, 0.4) is 0 Å². The maximum absolute atomic E-state index is 13.7. The van der Waals surface area contributed by atoms with Crippen LogP contribution in [-0.2, 0) is 24.7 Å². The minimum atomic E-state index is -4.25. The molecule has 0 bridgehead atoms. The molecule has 8 nitrogen and oxygen atoms in total. The summed E-state index contributed by atoms with van der Waals surface area (Å²) in [4.78, 5) is 11.2. The predicted octanol–water partition coefficient (Wildman–Crippen LogP) is 2.16. The van der Waals surface area contributed by atoms with E-state index in [1.165, 1.54) is 38.3 Å². The van der Waals surface area contributed by atoms with Crippen molar-refractivity contribution in [2.75, 3.05) is 22.5 Å². The van der Waals surface area contributed by atoms with Crippen LogP contribution in [0.5, 0.6) is 5.75 Å².